The van der Waals surface area contributed by atoms with Gasteiger partial charge >= 0.3 is 0 Å². The molecule has 2 unspecified atom stereocenters. The van der Waals surface area contributed by atoms with Crippen LogP contribution in [0.5, 0.6) is 0 Å². The van der Waals surface area contributed by atoms with E-state index in [1.807, 2.05) is 0 Å². The molecule has 2 aliphatic heterocycles. The summed E-state index contributed by atoms with van der Waals surface area (Å²) in [5, 5.41) is 10.5. The Balaban J connectivity index is 0.00000182. The fourth-order valence-corrected chi connectivity index (χ4v) is 3.36. The van der Waals surface area contributed by atoms with Gasteiger partial charge in [0.25, 0.3) is 0 Å². The van der Waals surface area contributed by atoms with Crippen molar-refractivity contribution in [2.45, 2.75) is 32.4 Å². The lowest BCUT2D eigenvalue weighted by Gasteiger charge is -2.35. The number of hydrogen-bond donors (Lipinski definition) is 2. The average Bonchev–Trinajstić information content (AvgIpc) is 3.20. The number of rotatable bonds is 3. The van der Waals surface area contributed by atoms with Gasteiger partial charge in [-0.3, -0.25) is 10.1 Å². The second-order valence-electron chi connectivity index (χ2n) is 6.62. The predicted molar refractivity (Wildman–Crippen MR) is 105 cm³/mol. The Morgan fingerprint density at radius 1 is 1.28 bits per heavy atom. The lowest BCUT2D eigenvalue weighted by atomic mass is 9.95. The molecule has 2 N–H and O–H groups in total. The van der Waals surface area contributed by atoms with Gasteiger partial charge in [0.1, 0.15) is 11.6 Å². The van der Waals surface area contributed by atoms with E-state index in [1.165, 1.54) is 25.0 Å². The summed E-state index contributed by atoms with van der Waals surface area (Å²) in [5.41, 5.74) is 0.794. The Labute approximate surface area is 163 Å². The number of halogens is 2. The van der Waals surface area contributed by atoms with E-state index in [9.17, 15) is 4.39 Å². The Morgan fingerprint density at radius 2 is 2.08 bits per heavy atom. The summed E-state index contributed by atoms with van der Waals surface area (Å²) in [6.45, 7) is 4.78. The highest BCUT2D eigenvalue weighted by atomic mass is 127. The molecule has 2 aliphatic rings. The fourth-order valence-electron chi connectivity index (χ4n) is 3.36. The Bertz CT molecular complexity index is 744. The zero-order chi connectivity index (χ0) is 16.5. The number of aromatic amines is 1. The predicted octanol–water partition coefficient (Wildman–Crippen LogP) is 2.79. The van der Waals surface area contributed by atoms with Crippen molar-refractivity contribution in [2.24, 2.45) is 10.9 Å². The average molecular weight is 456 g/mol. The molecular formula is C17H22FIN6. The maximum atomic E-state index is 13.0. The molecule has 0 aliphatic carbocycles. The van der Waals surface area contributed by atoms with Gasteiger partial charge in [-0.2, -0.15) is 5.10 Å². The summed E-state index contributed by atoms with van der Waals surface area (Å²) in [6.07, 6.45) is 2.50. The third-order valence-electron chi connectivity index (χ3n) is 4.71. The van der Waals surface area contributed by atoms with Crippen molar-refractivity contribution in [1.29, 1.82) is 0 Å². The number of aromatic nitrogens is 3. The Kier molecular flexibility index (Phi) is 5.55. The molecule has 0 spiro atoms. The highest BCUT2D eigenvalue weighted by molar-refractivity contribution is 14.0. The molecule has 8 heteroatoms. The summed E-state index contributed by atoms with van der Waals surface area (Å²) in [6, 6.07) is 6.73. The number of hydrogen-bond acceptors (Lipinski definition) is 5. The second kappa shape index (κ2) is 7.67. The molecule has 0 radical (unpaired) electrons. The van der Waals surface area contributed by atoms with Crippen LogP contribution in [0.3, 0.4) is 0 Å². The third kappa shape index (κ3) is 3.94. The smallest absolute Gasteiger partial charge is 0.194 e. The first-order valence-corrected chi connectivity index (χ1v) is 8.41. The van der Waals surface area contributed by atoms with Crippen molar-refractivity contribution in [2.75, 3.05) is 13.1 Å². The number of piperidine rings is 1. The van der Waals surface area contributed by atoms with Crippen LogP contribution in [0.15, 0.2) is 29.3 Å². The Hall–Kier alpha value is -1.71. The van der Waals surface area contributed by atoms with Gasteiger partial charge in [-0.05, 0) is 43.0 Å². The summed E-state index contributed by atoms with van der Waals surface area (Å²) in [7, 11) is 0. The van der Waals surface area contributed by atoms with E-state index in [0.29, 0.717) is 24.3 Å². The topological polar surface area (TPSA) is 69.2 Å². The number of nitrogens with zero attached hydrogens (tertiary/aromatic N) is 4. The number of aliphatic imine (C=N–C) groups is 1. The molecular weight excluding hydrogens is 434 g/mol. The molecule has 0 bridgehead atoms. The first kappa shape index (κ1) is 18.1. The van der Waals surface area contributed by atoms with E-state index in [-0.39, 0.29) is 29.8 Å². The molecule has 2 aromatic rings. The van der Waals surface area contributed by atoms with Gasteiger partial charge in [0.05, 0.1) is 19.1 Å². The molecule has 25 heavy (non-hydrogen) atoms. The van der Waals surface area contributed by atoms with E-state index in [0.717, 1.165) is 30.4 Å². The number of H-pyrrole nitrogens is 1. The molecule has 0 amide bonds. The summed E-state index contributed by atoms with van der Waals surface area (Å²) in [5.74, 6) is 2.73. The minimum Gasteiger partial charge on any atom is -0.349 e. The standard InChI is InChI=1S/C17H21FN6.HI/c1-11-2-7-14-8-19-17(24(14)10-11)20-9-15-21-16(23-22-15)12-3-5-13(18)6-4-12;/h3-6,11,14H,2,7-10H2,1H3,(H,19,20)(H,21,22,23);1H. The van der Waals surface area contributed by atoms with Crippen LogP contribution < -0.4 is 5.32 Å². The van der Waals surface area contributed by atoms with Gasteiger partial charge in [-0.15, -0.1) is 24.0 Å². The van der Waals surface area contributed by atoms with E-state index >= 15 is 0 Å². The molecule has 1 aromatic carbocycles. The van der Waals surface area contributed by atoms with Crippen LogP contribution in [0, 0.1) is 11.7 Å². The van der Waals surface area contributed by atoms with Crippen molar-refractivity contribution in [3.63, 3.8) is 0 Å². The van der Waals surface area contributed by atoms with Crippen LogP contribution in [0.1, 0.15) is 25.6 Å². The van der Waals surface area contributed by atoms with Crippen LogP contribution >= 0.6 is 24.0 Å². The summed E-state index contributed by atoms with van der Waals surface area (Å²) < 4.78 is 13.0. The molecule has 3 heterocycles. The summed E-state index contributed by atoms with van der Waals surface area (Å²) in [4.78, 5) is 11.5. The first-order valence-electron chi connectivity index (χ1n) is 8.41. The van der Waals surface area contributed by atoms with Gasteiger partial charge in [-0.1, -0.05) is 6.92 Å². The van der Waals surface area contributed by atoms with E-state index in [4.69, 9.17) is 0 Å². The summed E-state index contributed by atoms with van der Waals surface area (Å²) >= 11 is 0. The van der Waals surface area contributed by atoms with Gasteiger partial charge in [0.2, 0.25) is 0 Å². The van der Waals surface area contributed by atoms with Crippen LogP contribution in [0.25, 0.3) is 11.4 Å². The van der Waals surface area contributed by atoms with Gasteiger partial charge in [0, 0.05) is 12.1 Å². The third-order valence-corrected chi connectivity index (χ3v) is 4.71. The maximum absolute atomic E-state index is 13.0. The normalized spacial score (nSPS) is 22.2. The van der Waals surface area contributed by atoms with Crippen LogP contribution in [-0.4, -0.2) is 45.2 Å². The highest BCUT2D eigenvalue weighted by Crippen LogP contribution is 2.25. The number of nitrogens with one attached hydrogen (secondary N) is 2. The van der Waals surface area contributed by atoms with Crippen LogP contribution in [0.4, 0.5) is 4.39 Å². The lowest BCUT2D eigenvalue weighted by Crippen LogP contribution is -2.48. The van der Waals surface area contributed by atoms with Crippen molar-refractivity contribution in [3.05, 3.63) is 35.9 Å². The van der Waals surface area contributed by atoms with E-state index < -0.39 is 0 Å². The van der Waals surface area contributed by atoms with Gasteiger partial charge < -0.3 is 10.2 Å². The van der Waals surface area contributed by atoms with E-state index in [1.54, 1.807) is 12.1 Å². The zero-order valence-electron chi connectivity index (χ0n) is 14.1. The minimum atomic E-state index is -0.263. The van der Waals surface area contributed by atoms with Gasteiger partial charge in [0.15, 0.2) is 11.8 Å². The molecule has 4 rings (SSSR count). The molecule has 1 saturated heterocycles. The van der Waals surface area contributed by atoms with Crippen molar-refractivity contribution in [3.8, 4) is 11.4 Å². The monoisotopic (exact) mass is 456 g/mol. The second-order valence-corrected chi connectivity index (χ2v) is 6.62. The first-order chi connectivity index (χ1) is 11.7. The van der Waals surface area contributed by atoms with Crippen molar-refractivity contribution < 1.29 is 4.39 Å². The fraction of sp³-hybridized carbons (Fsp3) is 0.471. The molecule has 2 atom stereocenters. The number of guanidine groups is 1. The molecule has 134 valence electrons. The maximum Gasteiger partial charge on any atom is 0.194 e. The SMILES string of the molecule is CC1CCC2CN=C(NCc3nc(-c4ccc(F)cc4)n[nH]3)N2C1.I. The largest absolute Gasteiger partial charge is 0.349 e. The zero-order valence-corrected chi connectivity index (χ0v) is 16.4. The molecule has 0 saturated carbocycles. The van der Waals surface area contributed by atoms with Crippen LogP contribution in [-0.2, 0) is 6.54 Å². The van der Waals surface area contributed by atoms with E-state index in [2.05, 4.69) is 37.3 Å². The quantitative estimate of drug-likeness (QED) is 0.698. The number of fused-ring (bicyclic) bond motifs is 1. The number of benzene rings is 1. The highest BCUT2D eigenvalue weighted by Gasteiger charge is 2.32. The molecule has 1 aromatic heterocycles. The van der Waals surface area contributed by atoms with Crippen LogP contribution in [0.2, 0.25) is 0 Å². The minimum absolute atomic E-state index is 0. The molecule has 6 nitrogen and oxygen atoms in total. The molecule has 1 fully saturated rings. The lowest BCUT2D eigenvalue weighted by molar-refractivity contribution is 0.211. The van der Waals surface area contributed by atoms with Crippen molar-refractivity contribution >= 4 is 29.9 Å². The van der Waals surface area contributed by atoms with Crippen molar-refractivity contribution in [1.82, 2.24) is 25.4 Å². The Morgan fingerprint density at radius 3 is 2.88 bits per heavy atom. The van der Waals surface area contributed by atoms with Gasteiger partial charge in [-0.25, -0.2) is 9.37 Å².